The number of hydrogen-bond donors (Lipinski definition) is 1. The molecule has 1 N–H and O–H groups in total. The van der Waals surface area contributed by atoms with Crippen LogP contribution in [0.5, 0.6) is 5.88 Å². The molecule has 0 bridgehead atoms. The number of rotatable bonds is 7. The second kappa shape index (κ2) is 8.46. The van der Waals surface area contributed by atoms with Crippen LogP contribution in [0.2, 0.25) is 0 Å². The molecule has 0 fully saturated rings. The first-order valence-corrected chi connectivity index (χ1v) is 8.50. The summed E-state index contributed by atoms with van der Waals surface area (Å²) in [6.45, 7) is 0.355. The van der Waals surface area contributed by atoms with Crippen molar-refractivity contribution in [3.8, 4) is 17.0 Å². The Hall–Kier alpha value is -3.19. The lowest BCUT2D eigenvalue weighted by atomic mass is 10.0. The van der Waals surface area contributed by atoms with Crippen molar-refractivity contribution in [2.75, 3.05) is 20.8 Å². The number of carbonyl (C=O) groups is 1. The molecule has 0 saturated carbocycles. The van der Waals surface area contributed by atoms with Gasteiger partial charge in [0.25, 0.3) is 5.91 Å². The Morgan fingerprint density at radius 3 is 2.67 bits per heavy atom. The van der Waals surface area contributed by atoms with Crippen LogP contribution in [0.15, 0.2) is 54.9 Å². The Balaban J connectivity index is 1.80. The SMILES string of the molecule is COC[C@@H](NC(=O)c1cccc(-c2ccc(OC)nc2)c1)c1ccnn1C. The van der Waals surface area contributed by atoms with Crippen molar-refractivity contribution < 1.29 is 14.3 Å². The van der Waals surface area contributed by atoms with Gasteiger partial charge in [0.15, 0.2) is 0 Å². The number of aromatic nitrogens is 3. The van der Waals surface area contributed by atoms with Gasteiger partial charge in [-0.2, -0.15) is 5.10 Å². The Morgan fingerprint density at radius 2 is 2.04 bits per heavy atom. The number of pyridine rings is 1. The number of amides is 1. The summed E-state index contributed by atoms with van der Waals surface area (Å²) in [4.78, 5) is 17.0. The van der Waals surface area contributed by atoms with E-state index >= 15 is 0 Å². The summed E-state index contributed by atoms with van der Waals surface area (Å²) < 4.78 is 12.1. The zero-order chi connectivity index (χ0) is 19.2. The van der Waals surface area contributed by atoms with Crippen LogP contribution in [0.3, 0.4) is 0 Å². The minimum atomic E-state index is -0.290. The number of aryl methyl sites for hydroxylation is 1. The summed E-state index contributed by atoms with van der Waals surface area (Å²) in [6.07, 6.45) is 3.42. The van der Waals surface area contributed by atoms with Gasteiger partial charge in [0, 0.05) is 43.7 Å². The van der Waals surface area contributed by atoms with Crippen LogP contribution in [0.25, 0.3) is 11.1 Å². The Labute approximate surface area is 158 Å². The third-order valence-corrected chi connectivity index (χ3v) is 4.26. The molecule has 3 rings (SSSR count). The zero-order valence-corrected chi connectivity index (χ0v) is 15.5. The van der Waals surface area contributed by atoms with Crippen LogP contribution in [0, 0.1) is 0 Å². The fraction of sp³-hybridized carbons (Fsp3) is 0.250. The highest BCUT2D eigenvalue weighted by molar-refractivity contribution is 5.95. The summed E-state index contributed by atoms with van der Waals surface area (Å²) in [7, 11) is 5.01. The van der Waals surface area contributed by atoms with Crippen molar-refractivity contribution in [3.63, 3.8) is 0 Å². The first kappa shape index (κ1) is 18.6. The molecule has 2 aromatic heterocycles. The van der Waals surface area contributed by atoms with E-state index in [9.17, 15) is 4.79 Å². The summed E-state index contributed by atoms with van der Waals surface area (Å²) in [6, 6.07) is 12.7. The molecule has 0 aliphatic rings. The quantitative estimate of drug-likeness (QED) is 0.695. The van der Waals surface area contributed by atoms with E-state index in [-0.39, 0.29) is 11.9 Å². The van der Waals surface area contributed by atoms with Gasteiger partial charge in [-0.05, 0) is 29.8 Å². The van der Waals surface area contributed by atoms with Crippen LogP contribution in [0.4, 0.5) is 0 Å². The number of nitrogens with one attached hydrogen (secondary N) is 1. The monoisotopic (exact) mass is 366 g/mol. The number of carbonyl (C=O) groups excluding carboxylic acids is 1. The van der Waals surface area contributed by atoms with Gasteiger partial charge in [-0.25, -0.2) is 4.98 Å². The lowest BCUT2D eigenvalue weighted by Crippen LogP contribution is -2.32. The molecule has 7 heteroatoms. The molecule has 0 spiro atoms. The van der Waals surface area contributed by atoms with Crippen molar-refractivity contribution in [1.29, 1.82) is 0 Å². The lowest BCUT2D eigenvalue weighted by molar-refractivity contribution is 0.0892. The van der Waals surface area contributed by atoms with Crippen molar-refractivity contribution in [2.45, 2.75) is 6.04 Å². The largest absolute Gasteiger partial charge is 0.481 e. The van der Waals surface area contributed by atoms with Gasteiger partial charge in [-0.1, -0.05) is 12.1 Å². The van der Waals surface area contributed by atoms with E-state index in [1.807, 2.05) is 37.4 Å². The first-order chi connectivity index (χ1) is 13.1. The molecule has 1 amide bonds. The summed E-state index contributed by atoms with van der Waals surface area (Å²) in [5.74, 6) is 0.368. The molecule has 0 aliphatic carbocycles. The van der Waals surface area contributed by atoms with E-state index in [0.717, 1.165) is 16.8 Å². The van der Waals surface area contributed by atoms with Gasteiger partial charge in [0.05, 0.1) is 25.5 Å². The van der Waals surface area contributed by atoms with E-state index in [1.165, 1.54) is 0 Å². The molecule has 27 heavy (non-hydrogen) atoms. The molecule has 0 radical (unpaired) electrons. The predicted molar refractivity (Wildman–Crippen MR) is 102 cm³/mol. The maximum atomic E-state index is 12.8. The smallest absolute Gasteiger partial charge is 0.251 e. The molecule has 0 saturated heterocycles. The second-order valence-corrected chi connectivity index (χ2v) is 6.03. The average Bonchev–Trinajstić information content (AvgIpc) is 3.13. The standard InChI is InChI=1S/C20H22N4O3/c1-24-18(9-10-22-24)17(13-26-2)23-20(25)15-6-4-5-14(11-15)16-7-8-19(27-3)21-12-16/h4-12,17H,13H2,1-3H3,(H,23,25)/t17-/m1/s1. The van der Waals surface area contributed by atoms with Crippen LogP contribution < -0.4 is 10.1 Å². The van der Waals surface area contributed by atoms with Crippen molar-refractivity contribution in [3.05, 3.63) is 66.1 Å². The highest BCUT2D eigenvalue weighted by atomic mass is 16.5. The molecule has 0 unspecified atom stereocenters. The van der Waals surface area contributed by atoms with Crippen LogP contribution in [0.1, 0.15) is 22.1 Å². The fourth-order valence-corrected chi connectivity index (χ4v) is 2.85. The molecular weight excluding hydrogens is 344 g/mol. The van der Waals surface area contributed by atoms with Gasteiger partial charge >= 0.3 is 0 Å². The normalized spacial score (nSPS) is 11.8. The topological polar surface area (TPSA) is 78.3 Å². The van der Waals surface area contributed by atoms with Crippen molar-refractivity contribution in [1.82, 2.24) is 20.1 Å². The number of hydrogen-bond acceptors (Lipinski definition) is 5. The zero-order valence-electron chi connectivity index (χ0n) is 15.5. The minimum absolute atomic E-state index is 0.179. The molecule has 0 aliphatic heterocycles. The highest BCUT2D eigenvalue weighted by Crippen LogP contribution is 2.22. The Bertz CT molecular complexity index is 906. The summed E-state index contributed by atoms with van der Waals surface area (Å²) >= 11 is 0. The summed E-state index contributed by atoms with van der Waals surface area (Å²) in [5.41, 5.74) is 3.25. The van der Waals surface area contributed by atoms with Gasteiger partial charge in [0.2, 0.25) is 5.88 Å². The van der Waals surface area contributed by atoms with Crippen molar-refractivity contribution >= 4 is 5.91 Å². The number of nitrogens with zero attached hydrogens (tertiary/aromatic N) is 3. The van der Waals surface area contributed by atoms with E-state index < -0.39 is 0 Å². The van der Waals surface area contributed by atoms with E-state index in [1.54, 1.807) is 43.4 Å². The van der Waals surface area contributed by atoms with E-state index in [4.69, 9.17) is 9.47 Å². The Morgan fingerprint density at radius 1 is 1.19 bits per heavy atom. The highest BCUT2D eigenvalue weighted by Gasteiger charge is 2.18. The number of benzene rings is 1. The maximum Gasteiger partial charge on any atom is 0.251 e. The minimum Gasteiger partial charge on any atom is -0.481 e. The molecular formula is C20H22N4O3. The fourth-order valence-electron chi connectivity index (χ4n) is 2.85. The number of methoxy groups -OCH3 is 2. The Kier molecular flexibility index (Phi) is 5.83. The van der Waals surface area contributed by atoms with Crippen molar-refractivity contribution in [2.24, 2.45) is 7.05 Å². The lowest BCUT2D eigenvalue weighted by Gasteiger charge is -2.18. The molecule has 1 atom stereocenters. The molecule has 140 valence electrons. The average molecular weight is 366 g/mol. The van der Waals surface area contributed by atoms with Gasteiger partial charge in [-0.3, -0.25) is 9.48 Å². The van der Waals surface area contributed by atoms with Crippen LogP contribution in [-0.2, 0) is 11.8 Å². The third kappa shape index (κ3) is 4.32. The first-order valence-electron chi connectivity index (χ1n) is 8.50. The molecule has 3 aromatic rings. The molecule has 1 aromatic carbocycles. The predicted octanol–water partition coefficient (Wildman–Crippen LogP) is 2.61. The van der Waals surface area contributed by atoms with E-state index in [0.29, 0.717) is 18.1 Å². The summed E-state index contributed by atoms with van der Waals surface area (Å²) in [5, 5.41) is 7.17. The number of ether oxygens (including phenoxy) is 2. The molecule has 7 nitrogen and oxygen atoms in total. The van der Waals surface area contributed by atoms with Gasteiger partial charge in [0.1, 0.15) is 0 Å². The van der Waals surface area contributed by atoms with Crippen LogP contribution in [-0.4, -0.2) is 41.5 Å². The van der Waals surface area contributed by atoms with E-state index in [2.05, 4.69) is 15.4 Å². The van der Waals surface area contributed by atoms with Crippen LogP contribution >= 0.6 is 0 Å². The van der Waals surface area contributed by atoms with Gasteiger partial charge < -0.3 is 14.8 Å². The maximum absolute atomic E-state index is 12.8. The third-order valence-electron chi connectivity index (χ3n) is 4.26. The van der Waals surface area contributed by atoms with Gasteiger partial charge in [-0.15, -0.1) is 0 Å². The molecule has 2 heterocycles. The second-order valence-electron chi connectivity index (χ2n) is 6.03.